The van der Waals surface area contributed by atoms with Crippen LogP contribution in [0.4, 0.5) is 11.6 Å². The molecule has 0 spiro atoms. The van der Waals surface area contributed by atoms with Crippen LogP contribution in [0.15, 0.2) is 80.1 Å². The molecular formula is C14H10N2O2. The molecule has 1 aromatic carbocycles. The first-order chi connectivity index (χ1) is 8.92. The van der Waals surface area contributed by atoms with E-state index in [1.165, 1.54) is 0 Å². The Balaban J connectivity index is 1.79. The minimum Gasteiger partial charge on any atom is -0.464 e. The SMILES string of the molecule is c1coc(N=Nc2ccc(-c3ccco3)cc2)c1. The highest BCUT2D eigenvalue weighted by molar-refractivity contribution is 5.59. The van der Waals surface area contributed by atoms with Crippen LogP contribution in [-0.2, 0) is 0 Å². The van der Waals surface area contributed by atoms with Gasteiger partial charge in [-0.2, -0.15) is 0 Å². The van der Waals surface area contributed by atoms with Gasteiger partial charge < -0.3 is 8.83 Å². The second kappa shape index (κ2) is 4.71. The summed E-state index contributed by atoms with van der Waals surface area (Å²) in [6, 6.07) is 14.9. The molecule has 4 heteroatoms. The Bertz CT molecular complexity index is 623. The normalized spacial score (nSPS) is 11.1. The van der Waals surface area contributed by atoms with Gasteiger partial charge in [0.25, 0.3) is 0 Å². The molecule has 0 aliphatic rings. The smallest absolute Gasteiger partial charge is 0.238 e. The number of furan rings is 2. The van der Waals surface area contributed by atoms with Crippen molar-refractivity contribution >= 4 is 11.6 Å². The largest absolute Gasteiger partial charge is 0.464 e. The lowest BCUT2D eigenvalue weighted by molar-refractivity contribution is 0.572. The summed E-state index contributed by atoms with van der Waals surface area (Å²) in [5, 5.41) is 8.04. The quantitative estimate of drug-likeness (QED) is 0.606. The number of hydrogen-bond acceptors (Lipinski definition) is 4. The average Bonchev–Trinajstić information content (AvgIpc) is 3.10. The fraction of sp³-hybridized carbons (Fsp3) is 0. The van der Waals surface area contributed by atoms with Gasteiger partial charge in [-0.25, -0.2) is 0 Å². The maximum Gasteiger partial charge on any atom is 0.238 e. The fourth-order valence-electron chi connectivity index (χ4n) is 1.57. The summed E-state index contributed by atoms with van der Waals surface area (Å²) < 4.78 is 10.4. The summed E-state index contributed by atoms with van der Waals surface area (Å²) in [6.45, 7) is 0. The highest BCUT2D eigenvalue weighted by Crippen LogP contribution is 2.24. The first kappa shape index (κ1) is 10.5. The van der Waals surface area contributed by atoms with Crippen LogP contribution in [0, 0.1) is 0 Å². The molecule has 3 aromatic rings. The molecule has 2 aromatic heterocycles. The third-order valence-electron chi connectivity index (χ3n) is 2.44. The zero-order chi connectivity index (χ0) is 12.2. The first-order valence-corrected chi connectivity index (χ1v) is 5.51. The molecule has 2 heterocycles. The second-order valence-corrected chi connectivity index (χ2v) is 3.68. The van der Waals surface area contributed by atoms with E-state index in [1.54, 1.807) is 24.7 Å². The standard InChI is InChI=1S/C14H10N2O2/c1-3-13(17-9-1)11-5-7-12(8-6-11)15-16-14-4-2-10-18-14/h1-10H. The zero-order valence-electron chi connectivity index (χ0n) is 9.48. The third kappa shape index (κ3) is 2.22. The molecular weight excluding hydrogens is 228 g/mol. The molecule has 0 unspecified atom stereocenters. The van der Waals surface area contributed by atoms with Gasteiger partial charge in [-0.1, -0.05) is 0 Å². The average molecular weight is 238 g/mol. The summed E-state index contributed by atoms with van der Waals surface area (Å²) in [5.41, 5.74) is 1.78. The number of rotatable bonds is 3. The molecule has 0 aliphatic carbocycles. The van der Waals surface area contributed by atoms with E-state index in [-0.39, 0.29) is 0 Å². The molecule has 0 N–H and O–H groups in total. The van der Waals surface area contributed by atoms with E-state index in [9.17, 15) is 0 Å². The zero-order valence-corrected chi connectivity index (χ0v) is 9.48. The predicted octanol–water partition coefficient (Wildman–Crippen LogP) is 4.96. The Hall–Kier alpha value is -2.62. The van der Waals surface area contributed by atoms with E-state index in [0.29, 0.717) is 5.88 Å². The minimum absolute atomic E-state index is 0.491. The molecule has 0 fully saturated rings. The number of benzene rings is 1. The summed E-state index contributed by atoms with van der Waals surface area (Å²) in [4.78, 5) is 0. The maximum atomic E-state index is 5.31. The van der Waals surface area contributed by atoms with Crippen LogP contribution in [0.3, 0.4) is 0 Å². The van der Waals surface area contributed by atoms with Crippen LogP contribution in [0.2, 0.25) is 0 Å². The molecule has 0 saturated carbocycles. The lowest BCUT2D eigenvalue weighted by atomic mass is 10.1. The lowest BCUT2D eigenvalue weighted by Crippen LogP contribution is -1.71. The highest BCUT2D eigenvalue weighted by atomic mass is 16.3. The van der Waals surface area contributed by atoms with Gasteiger partial charge in [-0.15, -0.1) is 10.2 Å². The van der Waals surface area contributed by atoms with Gasteiger partial charge in [0.05, 0.1) is 18.2 Å². The van der Waals surface area contributed by atoms with Crippen molar-refractivity contribution in [3.05, 3.63) is 61.1 Å². The van der Waals surface area contributed by atoms with E-state index in [2.05, 4.69) is 10.2 Å². The van der Waals surface area contributed by atoms with E-state index in [4.69, 9.17) is 8.83 Å². The highest BCUT2D eigenvalue weighted by Gasteiger charge is 1.99. The van der Waals surface area contributed by atoms with Crippen molar-refractivity contribution < 1.29 is 8.83 Å². The van der Waals surface area contributed by atoms with Crippen LogP contribution in [0.1, 0.15) is 0 Å². The van der Waals surface area contributed by atoms with E-state index in [1.807, 2.05) is 36.4 Å². The lowest BCUT2D eigenvalue weighted by Gasteiger charge is -1.96. The number of azo groups is 1. The van der Waals surface area contributed by atoms with Crippen molar-refractivity contribution in [3.8, 4) is 11.3 Å². The molecule has 18 heavy (non-hydrogen) atoms. The molecule has 4 nitrogen and oxygen atoms in total. The monoisotopic (exact) mass is 238 g/mol. The predicted molar refractivity (Wildman–Crippen MR) is 67.0 cm³/mol. The number of nitrogens with zero attached hydrogens (tertiary/aromatic N) is 2. The van der Waals surface area contributed by atoms with Crippen molar-refractivity contribution in [2.75, 3.05) is 0 Å². The Morgan fingerprint density at radius 2 is 1.50 bits per heavy atom. The fourth-order valence-corrected chi connectivity index (χ4v) is 1.57. The summed E-state index contributed by atoms with van der Waals surface area (Å²) in [7, 11) is 0. The van der Waals surface area contributed by atoms with Gasteiger partial charge >= 0.3 is 0 Å². The van der Waals surface area contributed by atoms with Gasteiger partial charge in [0.2, 0.25) is 5.88 Å². The topological polar surface area (TPSA) is 51.0 Å². The molecule has 0 saturated heterocycles. The van der Waals surface area contributed by atoms with Gasteiger partial charge in [0, 0.05) is 11.6 Å². The summed E-state index contributed by atoms with van der Waals surface area (Å²) in [5.74, 6) is 1.33. The van der Waals surface area contributed by atoms with Gasteiger partial charge in [-0.05, 0) is 42.5 Å². The number of hydrogen-bond donors (Lipinski definition) is 0. The van der Waals surface area contributed by atoms with E-state index in [0.717, 1.165) is 17.0 Å². The van der Waals surface area contributed by atoms with Crippen molar-refractivity contribution in [1.82, 2.24) is 0 Å². The molecule has 0 bridgehead atoms. The van der Waals surface area contributed by atoms with Crippen LogP contribution < -0.4 is 0 Å². The molecule has 0 radical (unpaired) electrons. The van der Waals surface area contributed by atoms with Crippen molar-refractivity contribution in [2.45, 2.75) is 0 Å². The molecule has 0 amide bonds. The van der Waals surface area contributed by atoms with Crippen molar-refractivity contribution in [1.29, 1.82) is 0 Å². The Kier molecular flexibility index (Phi) is 2.75. The van der Waals surface area contributed by atoms with Gasteiger partial charge in [-0.3, -0.25) is 0 Å². The van der Waals surface area contributed by atoms with Crippen LogP contribution in [-0.4, -0.2) is 0 Å². The maximum absolute atomic E-state index is 5.31. The van der Waals surface area contributed by atoms with E-state index < -0.39 is 0 Å². The van der Waals surface area contributed by atoms with Gasteiger partial charge in [0.15, 0.2) is 0 Å². The molecule has 0 aliphatic heterocycles. The van der Waals surface area contributed by atoms with Gasteiger partial charge in [0.1, 0.15) is 5.76 Å². The van der Waals surface area contributed by atoms with Crippen LogP contribution in [0.25, 0.3) is 11.3 Å². The van der Waals surface area contributed by atoms with Crippen molar-refractivity contribution in [2.24, 2.45) is 10.2 Å². The molecule has 0 atom stereocenters. The summed E-state index contributed by atoms with van der Waals surface area (Å²) >= 11 is 0. The Morgan fingerprint density at radius 3 is 2.17 bits per heavy atom. The van der Waals surface area contributed by atoms with Crippen LogP contribution in [0.5, 0.6) is 0 Å². The minimum atomic E-state index is 0.491. The Labute approximate surface area is 104 Å². The summed E-state index contributed by atoms with van der Waals surface area (Å²) in [6.07, 6.45) is 3.22. The third-order valence-corrected chi connectivity index (χ3v) is 2.44. The first-order valence-electron chi connectivity index (χ1n) is 5.51. The van der Waals surface area contributed by atoms with Crippen LogP contribution >= 0.6 is 0 Å². The molecule has 3 rings (SSSR count). The van der Waals surface area contributed by atoms with E-state index >= 15 is 0 Å². The second-order valence-electron chi connectivity index (χ2n) is 3.68. The molecule has 88 valence electrons. The Morgan fingerprint density at radius 1 is 0.722 bits per heavy atom. The van der Waals surface area contributed by atoms with Crippen molar-refractivity contribution in [3.63, 3.8) is 0 Å².